The summed E-state index contributed by atoms with van der Waals surface area (Å²) in [6, 6.07) is -0.329. The van der Waals surface area contributed by atoms with Gasteiger partial charge >= 0.3 is 0 Å². The van der Waals surface area contributed by atoms with Crippen LogP contribution in [0.15, 0.2) is 0 Å². The lowest BCUT2D eigenvalue weighted by atomic mass is 10.0. The van der Waals surface area contributed by atoms with Gasteiger partial charge in [0, 0.05) is 6.54 Å². The maximum Gasteiger partial charge on any atom is 0.236 e. The highest BCUT2D eigenvalue weighted by Crippen LogP contribution is 2.48. The van der Waals surface area contributed by atoms with Crippen LogP contribution >= 0.6 is 11.8 Å². The third kappa shape index (κ3) is 4.34. The number of carbonyl (C=O) groups is 1. The third-order valence-corrected chi connectivity index (χ3v) is 3.99. The second-order valence-corrected chi connectivity index (χ2v) is 5.84. The summed E-state index contributed by atoms with van der Waals surface area (Å²) in [5.74, 6) is 0.978. The van der Waals surface area contributed by atoms with Crippen LogP contribution in [0.4, 0.5) is 0 Å². The molecule has 1 saturated carbocycles. The Bertz CT molecular complexity index is 229. The first-order chi connectivity index (χ1) is 7.63. The van der Waals surface area contributed by atoms with Crippen LogP contribution < -0.4 is 11.1 Å². The first-order valence-electron chi connectivity index (χ1n) is 6.16. The zero-order valence-electron chi connectivity index (χ0n) is 10.4. The summed E-state index contributed by atoms with van der Waals surface area (Å²) in [6.45, 7) is 3.03. The van der Waals surface area contributed by atoms with E-state index >= 15 is 0 Å². The van der Waals surface area contributed by atoms with Crippen molar-refractivity contribution in [3.63, 3.8) is 0 Å². The van der Waals surface area contributed by atoms with E-state index in [1.54, 1.807) is 11.8 Å². The molecule has 94 valence electrons. The minimum Gasteiger partial charge on any atom is -0.354 e. The van der Waals surface area contributed by atoms with Crippen molar-refractivity contribution in [1.82, 2.24) is 5.32 Å². The molecule has 1 fully saturated rings. The summed E-state index contributed by atoms with van der Waals surface area (Å²) in [7, 11) is 0. The number of thioether (sulfide) groups is 1. The maximum atomic E-state index is 11.7. The quantitative estimate of drug-likeness (QED) is 0.684. The second-order valence-electron chi connectivity index (χ2n) is 4.86. The molecule has 4 heteroatoms. The van der Waals surface area contributed by atoms with Gasteiger partial charge in [0.15, 0.2) is 0 Å². The van der Waals surface area contributed by atoms with Crippen molar-refractivity contribution in [2.75, 3.05) is 18.6 Å². The molecular weight excluding hydrogens is 220 g/mol. The Morgan fingerprint density at radius 1 is 1.56 bits per heavy atom. The summed E-state index contributed by atoms with van der Waals surface area (Å²) in [6.07, 6.45) is 7.77. The minimum atomic E-state index is -0.329. The van der Waals surface area contributed by atoms with Crippen LogP contribution in [0.1, 0.15) is 39.0 Å². The minimum absolute atomic E-state index is 0.0245. The van der Waals surface area contributed by atoms with Crippen molar-refractivity contribution >= 4 is 17.7 Å². The number of nitrogens with two attached hydrogens (primary N) is 1. The normalized spacial score (nSPS) is 19.2. The maximum absolute atomic E-state index is 11.7. The van der Waals surface area contributed by atoms with Gasteiger partial charge in [-0.15, -0.1) is 0 Å². The molecule has 0 unspecified atom stereocenters. The highest BCUT2D eigenvalue weighted by Gasteiger charge is 2.41. The first kappa shape index (κ1) is 13.8. The lowest BCUT2D eigenvalue weighted by Crippen LogP contribution is -2.43. The summed E-state index contributed by atoms with van der Waals surface area (Å²) in [5, 5.41) is 3.01. The SMILES string of the molecule is CCCC1(CNC(=O)[C@@H](N)CCSC)CC1. The summed E-state index contributed by atoms with van der Waals surface area (Å²) in [5.41, 5.74) is 6.22. The predicted molar refractivity (Wildman–Crippen MR) is 70.6 cm³/mol. The Balaban J connectivity index is 2.19. The largest absolute Gasteiger partial charge is 0.354 e. The zero-order valence-corrected chi connectivity index (χ0v) is 11.2. The van der Waals surface area contributed by atoms with E-state index in [0.717, 1.165) is 18.7 Å². The van der Waals surface area contributed by atoms with Crippen LogP contribution in [0.5, 0.6) is 0 Å². The van der Waals surface area contributed by atoms with E-state index in [-0.39, 0.29) is 11.9 Å². The summed E-state index contributed by atoms with van der Waals surface area (Å²) in [4.78, 5) is 11.7. The van der Waals surface area contributed by atoms with Gasteiger partial charge in [-0.25, -0.2) is 0 Å². The molecule has 0 bridgehead atoms. The van der Waals surface area contributed by atoms with Crippen molar-refractivity contribution in [2.45, 2.75) is 45.1 Å². The van der Waals surface area contributed by atoms with E-state index in [9.17, 15) is 4.79 Å². The Hall–Kier alpha value is -0.220. The van der Waals surface area contributed by atoms with Gasteiger partial charge in [-0.2, -0.15) is 11.8 Å². The molecule has 0 radical (unpaired) electrons. The lowest BCUT2D eigenvalue weighted by molar-refractivity contribution is -0.122. The molecule has 1 aliphatic rings. The van der Waals surface area contributed by atoms with Gasteiger partial charge in [0.05, 0.1) is 6.04 Å². The van der Waals surface area contributed by atoms with Gasteiger partial charge in [0.2, 0.25) is 5.91 Å². The van der Waals surface area contributed by atoms with E-state index < -0.39 is 0 Å². The molecule has 16 heavy (non-hydrogen) atoms. The number of amides is 1. The monoisotopic (exact) mass is 244 g/mol. The van der Waals surface area contributed by atoms with Gasteiger partial charge in [-0.1, -0.05) is 13.3 Å². The van der Waals surface area contributed by atoms with Crippen molar-refractivity contribution < 1.29 is 4.79 Å². The van der Waals surface area contributed by atoms with Crippen LogP contribution in [0, 0.1) is 5.41 Å². The highest BCUT2D eigenvalue weighted by atomic mass is 32.2. The van der Waals surface area contributed by atoms with E-state index in [4.69, 9.17) is 5.73 Å². The fourth-order valence-electron chi connectivity index (χ4n) is 2.00. The van der Waals surface area contributed by atoms with Crippen molar-refractivity contribution in [1.29, 1.82) is 0 Å². The van der Waals surface area contributed by atoms with Crippen molar-refractivity contribution in [2.24, 2.45) is 11.1 Å². The zero-order chi connectivity index (χ0) is 12.0. The number of carbonyl (C=O) groups excluding carboxylic acids is 1. The molecule has 1 aliphatic carbocycles. The highest BCUT2D eigenvalue weighted by molar-refractivity contribution is 7.98. The van der Waals surface area contributed by atoms with Gasteiger partial charge in [0.1, 0.15) is 0 Å². The smallest absolute Gasteiger partial charge is 0.236 e. The van der Waals surface area contributed by atoms with E-state index in [1.165, 1.54) is 25.7 Å². The van der Waals surface area contributed by atoms with Crippen LogP contribution in [0.2, 0.25) is 0 Å². The van der Waals surface area contributed by atoms with Gasteiger partial charge in [-0.05, 0) is 43.1 Å². The summed E-state index contributed by atoms with van der Waals surface area (Å²) < 4.78 is 0. The molecule has 0 saturated heterocycles. The Kier molecular flexibility index (Phi) is 5.62. The number of rotatable bonds is 8. The number of nitrogens with one attached hydrogen (secondary N) is 1. The average molecular weight is 244 g/mol. The molecule has 0 spiro atoms. The van der Waals surface area contributed by atoms with Crippen LogP contribution in [-0.2, 0) is 4.79 Å². The van der Waals surface area contributed by atoms with Crippen molar-refractivity contribution in [3.05, 3.63) is 0 Å². The Morgan fingerprint density at radius 3 is 2.75 bits per heavy atom. The van der Waals surface area contributed by atoms with Crippen molar-refractivity contribution in [3.8, 4) is 0 Å². The van der Waals surface area contributed by atoms with Gasteiger partial charge in [-0.3, -0.25) is 4.79 Å². The molecule has 0 aromatic rings. The molecular formula is C12H24N2OS. The first-order valence-corrected chi connectivity index (χ1v) is 7.55. The molecule has 1 rings (SSSR count). The molecule has 3 nitrogen and oxygen atoms in total. The summed E-state index contributed by atoms with van der Waals surface area (Å²) >= 11 is 1.73. The topological polar surface area (TPSA) is 55.1 Å². The predicted octanol–water partition coefficient (Wildman–Crippen LogP) is 1.76. The molecule has 0 aromatic heterocycles. The standard InChI is InChI=1S/C12H24N2OS/c1-3-5-12(6-7-12)9-14-11(15)10(13)4-8-16-2/h10H,3-9,13H2,1-2H3,(H,14,15)/t10-/m0/s1. The van der Waals surface area contributed by atoms with E-state index in [1.807, 2.05) is 6.26 Å². The fourth-order valence-corrected chi connectivity index (χ4v) is 2.49. The second kappa shape index (κ2) is 6.50. The number of hydrogen-bond donors (Lipinski definition) is 2. The van der Waals surface area contributed by atoms with Gasteiger partial charge in [0.25, 0.3) is 0 Å². The van der Waals surface area contributed by atoms with Crippen LogP contribution in [-0.4, -0.2) is 30.5 Å². The van der Waals surface area contributed by atoms with E-state index in [0.29, 0.717) is 5.41 Å². The average Bonchev–Trinajstić information content (AvgIpc) is 3.03. The molecule has 3 N–H and O–H groups in total. The molecule has 1 atom stereocenters. The molecule has 1 amide bonds. The Labute approximate surface area is 103 Å². The third-order valence-electron chi connectivity index (χ3n) is 3.34. The molecule has 0 heterocycles. The van der Waals surface area contributed by atoms with E-state index in [2.05, 4.69) is 12.2 Å². The Morgan fingerprint density at radius 2 is 2.25 bits per heavy atom. The molecule has 0 aliphatic heterocycles. The van der Waals surface area contributed by atoms with Crippen LogP contribution in [0.25, 0.3) is 0 Å². The molecule has 0 aromatic carbocycles. The fraction of sp³-hybridized carbons (Fsp3) is 0.917. The lowest BCUT2D eigenvalue weighted by Gasteiger charge is -2.17. The van der Waals surface area contributed by atoms with Gasteiger partial charge < -0.3 is 11.1 Å². The number of hydrogen-bond acceptors (Lipinski definition) is 3. The van der Waals surface area contributed by atoms with Crippen LogP contribution in [0.3, 0.4) is 0 Å².